The number of hydrogen-bond donors (Lipinski definition) is 2. The Balaban J connectivity index is 0.000000156. The topological polar surface area (TPSA) is 160 Å². The fraction of sp³-hybridized carbons (Fsp3) is 0.227. The number of aryl methyl sites for hydroxylation is 2. The third-order valence-electron chi connectivity index (χ3n) is 5.45. The first-order chi connectivity index (χ1) is 18.2. The van der Waals surface area contributed by atoms with Crippen molar-refractivity contribution in [2.45, 2.75) is 20.3 Å². The summed E-state index contributed by atoms with van der Waals surface area (Å²) in [5.41, 5.74) is 13.9. The predicted molar refractivity (Wildman–Crippen MR) is 151 cm³/mol. The second kappa shape index (κ2) is 10.7. The van der Waals surface area contributed by atoms with E-state index in [0.717, 1.165) is 34.5 Å². The zero-order valence-corrected chi connectivity index (χ0v) is 24.2. The SMILES string of the molecule is Cc1cnn(-c2nc(N)c(Br)c(-n3cc(C)cn3)n2)c1.Nc1nc(-n2cc(Cl)cn2)nc(N2CCC2)c1Br. The lowest BCUT2D eigenvalue weighted by Crippen LogP contribution is -2.38. The molecule has 0 unspecified atom stereocenters. The maximum absolute atomic E-state index is 5.93. The van der Waals surface area contributed by atoms with Gasteiger partial charge in [0, 0.05) is 25.5 Å². The molecule has 0 atom stereocenters. The van der Waals surface area contributed by atoms with Gasteiger partial charge in [-0.3, -0.25) is 0 Å². The quantitative estimate of drug-likeness (QED) is 0.290. The van der Waals surface area contributed by atoms with Crippen molar-refractivity contribution in [2.75, 3.05) is 29.5 Å². The molecule has 0 saturated carbocycles. The van der Waals surface area contributed by atoms with Gasteiger partial charge in [-0.05, 0) is 63.3 Å². The van der Waals surface area contributed by atoms with Crippen molar-refractivity contribution >= 4 is 60.9 Å². The van der Waals surface area contributed by atoms with Crippen LogP contribution >= 0.6 is 43.5 Å². The summed E-state index contributed by atoms with van der Waals surface area (Å²) < 4.78 is 6.07. The summed E-state index contributed by atoms with van der Waals surface area (Å²) in [6.07, 6.45) is 11.5. The van der Waals surface area contributed by atoms with Crippen LogP contribution in [0.3, 0.4) is 0 Å². The van der Waals surface area contributed by atoms with Gasteiger partial charge in [0.05, 0.1) is 29.8 Å². The Labute approximate surface area is 239 Å². The van der Waals surface area contributed by atoms with Crippen molar-refractivity contribution in [3.8, 4) is 17.7 Å². The molecular weight excluding hydrogens is 642 g/mol. The van der Waals surface area contributed by atoms with Gasteiger partial charge in [-0.15, -0.1) is 0 Å². The van der Waals surface area contributed by atoms with Crippen molar-refractivity contribution in [3.05, 3.63) is 62.3 Å². The second-order valence-electron chi connectivity index (χ2n) is 8.46. The molecule has 38 heavy (non-hydrogen) atoms. The number of hydrogen-bond acceptors (Lipinski definition) is 10. The molecule has 13 nitrogen and oxygen atoms in total. The molecular formula is C22H22Br2ClN13. The molecule has 1 aliphatic heterocycles. The van der Waals surface area contributed by atoms with Gasteiger partial charge in [0.2, 0.25) is 0 Å². The first-order valence-corrected chi connectivity index (χ1v) is 13.3. The van der Waals surface area contributed by atoms with E-state index in [9.17, 15) is 0 Å². The molecule has 6 heterocycles. The molecule has 5 aromatic heterocycles. The predicted octanol–water partition coefficient (Wildman–Crippen LogP) is 3.68. The molecule has 16 heteroatoms. The summed E-state index contributed by atoms with van der Waals surface area (Å²) >= 11 is 12.6. The van der Waals surface area contributed by atoms with E-state index >= 15 is 0 Å². The zero-order chi connectivity index (χ0) is 27.0. The third kappa shape index (κ3) is 5.35. The molecule has 4 N–H and O–H groups in total. The highest BCUT2D eigenvalue weighted by molar-refractivity contribution is 9.11. The Hall–Kier alpha value is -3.56. The lowest BCUT2D eigenvalue weighted by molar-refractivity contribution is 0.605. The minimum atomic E-state index is 0.339. The number of aromatic nitrogens is 10. The number of anilines is 3. The van der Waals surface area contributed by atoms with E-state index in [1.165, 1.54) is 17.3 Å². The van der Waals surface area contributed by atoms with E-state index in [1.54, 1.807) is 28.0 Å². The monoisotopic (exact) mass is 661 g/mol. The Bertz CT molecular complexity index is 1600. The third-order valence-corrected chi connectivity index (χ3v) is 7.17. The molecule has 0 spiro atoms. The molecule has 0 aliphatic carbocycles. The van der Waals surface area contributed by atoms with Crippen LogP contribution in [0, 0.1) is 13.8 Å². The molecule has 5 aromatic rings. The highest BCUT2D eigenvalue weighted by Crippen LogP contribution is 2.32. The summed E-state index contributed by atoms with van der Waals surface area (Å²) in [6, 6.07) is 0. The number of nitrogens with two attached hydrogens (primary N) is 2. The average Bonchev–Trinajstić information content (AvgIpc) is 3.59. The highest BCUT2D eigenvalue weighted by Gasteiger charge is 2.22. The van der Waals surface area contributed by atoms with Crippen LogP contribution in [0.25, 0.3) is 17.7 Å². The molecule has 6 rings (SSSR count). The highest BCUT2D eigenvalue weighted by atomic mass is 79.9. The van der Waals surface area contributed by atoms with E-state index in [4.69, 9.17) is 23.1 Å². The average molecular weight is 664 g/mol. The molecule has 0 aromatic carbocycles. The molecule has 0 bridgehead atoms. The minimum Gasteiger partial charge on any atom is -0.383 e. The fourth-order valence-corrected chi connectivity index (χ4v) is 4.36. The van der Waals surface area contributed by atoms with Gasteiger partial charge in [-0.1, -0.05) is 11.6 Å². The van der Waals surface area contributed by atoms with Crippen LogP contribution < -0.4 is 16.4 Å². The van der Waals surface area contributed by atoms with Crippen LogP contribution in [0.2, 0.25) is 5.02 Å². The van der Waals surface area contributed by atoms with Crippen LogP contribution in [-0.4, -0.2) is 62.4 Å². The standard InChI is InChI=1S/C12H12BrN7.C10H10BrClN6/c1-7-3-15-19(5-7)11-9(13)10(14)17-12(18-11)20-6-8(2)4-16-20;11-7-8(13)15-10(18-5-6(12)4-14-18)16-9(7)17-2-1-3-17/h3-6H,1-2H3,(H2,14,17,18);4-5H,1-3H2,(H2,13,15,16). The van der Waals surface area contributed by atoms with Gasteiger partial charge in [-0.25, -0.2) is 14.0 Å². The van der Waals surface area contributed by atoms with Gasteiger partial charge in [0.15, 0.2) is 11.6 Å². The van der Waals surface area contributed by atoms with Crippen LogP contribution in [0.5, 0.6) is 0 Å². The normalized spacial score (nSPS) is 12.7. The summed E-state index contributed by atoms with van der Waals surface area (Å²) in [5.74, 6) is 2.94. The van der Waals surface area contributed by atoms with Crippen molar-refractivity contribution in [1.29, 1.82) is 0 Å². The van der Waals surface area contributed by atoms with Crippen molar-refractivity contribution < 1.29 is 0 Å². The van der Waals surface area contributed by atoms with Gasteiger partial charge in [0.25, 0.3) is 11.9 Å². The number of nitrogens with zero attached hydrogens (tertiary/aromatic N) is 11. The molecule has 1 fully saturated rings. The summed E-state index contributed by atoms with van der Waals surface area (Å²) in [5, 5.41) is 13.0. The van der Waals surface area contributed by atoms with Crippen LogP contribution in [0.4, 0.5) is 17.5 Å². The number of halogens is 3. The lowest BCUT2D eigenvalue weighted by Gasteiger charge is -2.32. The van der Waals surface area contributed by atoms with Crippen LogP contribution in [0.1, 0.15) is 17.5 Å². The minimum absolute atomic E-state index is 0.339. The Morgan fingerprint density at radius 2 is 1.21 bits per heavy atom. The van der Waals surface area contributed by atoms with E-state index in [2.05, 4.69) is 72.0 Å². The molecule has 196 valence electrons. The Morgan fingerprint density at radius 3 is 1.68 bits per heavy atom. The molecule has 1 aliphatic rings. The smallest absolute Gasteiger partial charge is 0.254 e. The zero-order valence-electron chi connectivity index (χ0n) is 20.3. The first kappa shape index (κ1) is 26.1. The van der Waals surface area contributed by atoms with E-state index in [0.29, 0.717) is 38.8 Å². The van der Waals surface area contributed by atoms with Crippen LogP contribution in [-0.2, 0) is 0 Å². The Morgan fingerprint density at radius 1 is 0.711 bits per heavy atom. The lowest BCUT2D eigenvalue weighted by atomic mass is 10.2. The largest absolute Gasteiger partial charge is 0.383 e. The first-order valence-electron chi connectivity index (χ1n) is 11.3. The van der Waals surface area contributed by atoms with Gasteiger partial charge in [0.1, 0.15) is 20.6 Å². The van der Waals surface area contributed by atoms with Gasteiger partial charge >= 0.3 is 0 Å². The van der Waals surface area contributed by atoms with Crippen molar-refractivity contribution in [1.82, 2.24) is 49.3 Å². The van der Waals surface area contributed by atoms with Gasteiger partial charge in [-0.2, -0.15) is 35.2 Å². The maximum atomic E-state index is 5.93. The summed E-state index contributed by atoms with van der Waals surface area (Å²) in [4.78, 5) is 19.5. The Kier molecular flexibility index (Phi) is 7.32. The van der Waals surface area contributed by atoms with Crippen molar-refractivity contribution in [2.24, 2.45) is 0 Å². The second-order valence-corrected chi connectivity index (χ2v) is 10.5. The van der Waals surface area contributed by atoms with E-state index in [-0.39, 0.29) is 0 Å². The maximum Gasteiger partial charge on any atom is 0.254 e. The van der Waals surface area contributed by atoms with E-state index < -0.39 is 0 Å². The van der Waals surface area contributed by atoms with Gasteiger partial charge < -0.3 is 16.4 Å². The number of nitrogen functional groups attached to an aromatic ring is 2. The molecule has 0 radical (unpaired) electrons. The molecule has 0 amide bonds. The summed E-state index contributed by atoms with van der Waals surface area (Å²) in [6.45, 7) is 5.87. The van der Waals surface area contributed by atoms with E-state index in [1.807, 2.05) is 26.2 Å². The summed E-state index contributed by atoms with van der Waals surface area (Å²) in [7, 11) is 0. The van der Waals surface area contributed by atoms with Crippen LogP contribution in [0.15, 0.2) is 46.1 Å². The number of rotatable bonds is 4. The van der Waals surface area contributed by atoms with Crippen molar-refractivity contribution in [3.63, 3.8) is 0 Å². The molecule has 1 saturated heterocycles. The fourth-order valence-electron chi connectivity index (χ4n) is 3.44.